The minimum absolute atomic E-state index is 0.0212. The smallest absolute Gasteiger partial charge is 0.508 e. The van der Waals surface area contributed by atoms with Crippen LogP contribution in [0.3, 0.4) is 0 Å². The lowest BCUT2D eigenvalue weighted by molar-refractivity contribution is -0.274. The average Bonchev–Trinajstić information content (AvgIpc) is 2.50. The van der Waals surface area contributed by atoms with E-state index in [0.717, 1.165) is 32.2 Å². The molecule has 0 unspecified atom stereocenters. The SMILES string of the molecule is C=CCC[C@@H](c1cc(OC(F)(F)F)ccc1O)N1CCNCC1. The van der Waals surface area contributed by atoms with Crippen molar-refractivity contribution in [2.45, 2.75) is 25.2 Å². The number of nitrogens with zero attached hydrogens (tertiary/aromatic N) is 1. The van der Waals surface area contributed by atoms with Crippen molar-refractivity contribution in [3.8, 4) is 11.5 Å². The highest BCUT2D eigenvalue weighted by Gasteiger charge is 2.32. The third-order valence-corrected chi connectivity index (χ3v) is 3.83. The van der Waals surface area contributed by atoms with Crippen molar-refractivity contribution in [2.24, 2.45) is 0 Å². The quantitative estimate of drug-likeness (QED) is 0.786. The minimum Gasteiger partial charge on any atom is -0.508 e. The molecule has 0 aliphatic carbocycles. The predicted molar refractivity (Wildman–Crippen MR) is 81.4 cm³/mol. The number of piperazine rings is 1. The summed E-state index contributed by atoms with van der Waals surface area (Å²) in [5.41, 5.74) is 0.454. The van der Waals surface area contributed by atoms with Crippen LogP contribution in [0.15, 0.2) is 30.9 Å². The fraction of sp³-hybridized carbons (Fsp3) is 0.500. The number of hydrogen-bond donors (Lipinski definition) is 2. The molecule has 7 heteroatoms. The van der Waals surface area contributed by atoms with Crippen LogP contribution in [-0.2, 0) is 0 Å². The van der Waals surface area contributed by atoms with E-state index in [1.807, 2.05) is 0 Å². The molecule has 1 aromatic rings. The van der Waals surface area contributed by atoms with Gasteiger partial charge in [0.2, 0.25) is 0 Å². The topological polar surface area (TPSA) is 44.7 Å². The van der Waals surface area contributed by atoms with Gasteiger partial charge in [0, 0.05) is 37.8 Å². The van der Waals surface area contributed by atoms with Crippen LogP contribution in [0.2, 0.25) is 0 Å². The Labute approximate surface area is 133 Å². The normalized spacial score (nSPS) is 17.7. The summed E-state index contributed by atoms with van der Waals surface area (Å²) in [5.74, 6) is -0.337. The number of alkyl halides is 3. The Morgan fingerprint density at radius 1 is 1.35 bits per heavy atom. The lowest BCUT2D eigenvalue weighted by Crippen LogP contribution is -2.45. The summed E-state index contributed by atoms with van der Waals surface area (Å²) in [6, 6.07) is 3.47. The number of halogens is 3. The summed E-state index contributed by atoms with van der Waals surface area (Å²) >= 11 is 0. The van der Waals surface area contributed by atoms with Crippen molar-refractivity contribution in [3.05, 3.63) is 36.4 Å². The first-order valence-corrected chi connectivity index (χ1v) is 7.55. The Hall–Kier alpha value is -1.73. The van der Waals surface area contributed by atoms with Crippen molar-refractivity contribution >= 4 is 0 Å². The highest BCUT2D eigenvalue weighted by molar-refractivity contribution is 5.41. The molecular weight excluding hydrogens is 309 g/mol. The lowest BCUT2D eigenvalue weighted by atomic mass is 9.98. The summed E-state index contributed by atoms with van der Waals surface area (Å²) in [4.78, 5) is 2.16. The minimum atomic E-state index is -4.75. The number of allylic oxidation sites excluding steroid dienone is 1. The number of ether oxygens (including phenoxy) is 1. The number of phenols is 1. The van der Waals surface area contributed by atoms with Crippen LogP contribution in [0.4, 0.5) is 13.2 Å². The molecular formula is C16H21F3N2O2. The fourth-order valence-corrected chi connectivity index (χ4v) is 2.80. The van der Waals surface area contributed by atoms with Crippen LogP contribution in [0.5, 0.6) is 11.5 Å². The Kier molecular flexibility index (Phi) is 5.90. The summed E-state index contributed by atoms with van der Waals surface area (Å²) in [5, 5.41) is 13.4. The first-order valence-electron chi connectivity index (χ1n) is 7.55. The maximum atomic E-state index is 12.4. The molecule has 0 saturated carbocycles. The molecule has 1 aliphatic rings. The number of hydrogen-bond acceptors (Lipinski definition) is 4. The highest BCUT2D eigenvalue weighted by Crippen LogP contribution is 2.36. The molecule has 0 spiro atoms. The molecule has 128 valence electrons. The lowest BCUT2D eigenvalue weighted by Gasteiger charge is -2.35. The molecule has 0 radical (unpaired) electrons. The third-order valence-electron chi connectivity index (χ3n) is 3.83. The van der Waals surface area contributed by atoms with Crippen LogP contribution in [-0.4, -0.2) is 42.5 Å². The first kappa shape index (κ1) is 17.6. The number of aromatic hydroxyl groups is 1. The molecule has 2 rings (SSSR count). The van der Waals surface area contributed by atoms with Gasteiger partial charge >= 0.3 is 6.36 Å². The summed E-state index contributed by atoms with van der Waals surface area (Å²) < 4.78 is 41.2. The van der Waals surface area contributed by atoms with E-state index in [9.17, 15) is 18.3 Å². The molecule has 0 bridgehead atoms. The number of nitrogens with one attached hydrogen (secondary N) is 1. The molecule has 4 nitrogen and oxygen atoms in total. The van der Waals surface area contributed by atoms with E-state index in [-0.39, 0.29) is 17.5 Å². The van der Waals surface area contributed by atoms with Crippen molar-refractivity contribution in [3.63, 3.8) is 0 Å². The van der Waals surface area contributed by atoms with Crippen LogP contribution in [0.25, 0.3) is 0 Å². The molecule has 2 N–H and O–H groups in total. The van der Waals surface area contributed by atoms with Crippen molar-refractivity contribution in [1.82, 2.24) is 10.2 Å². The second-order valence-corrected chi connectivity index (χ2v) is 5.44. The van der Waals surface area contributed by atoms with Gasteiger partial charge in [0.1, 0.15) is 11.5 Å². The van der Waals surface area contributed by atoms with E-state index in [1.165, 1.54) is 12.1 Å². The Bertz CT molecular complexity index is 529. The van der Waals surface area contributed by atoms with Gasteiger partial charge in [-0.3, -0.25) is 4.90 Å². The number of rotatable bonds is 6. The predicted octanol–water partition coefficient (Wildman–Crippen LogP) is 3.20. The van der Waals surface area contributed by atoms with Crippen LogP contribution in [0.1, 0.15) is 24.4 Å². The zero-order valence-corrected chi connectivity index (χ0v) is 12.8. The van der Waals surface area contributed by atoms with Gasteiger partial charge in [0.15, 0.2) is 0 Å². The molecule has 0 aromatic heterocycles. The highest BCUT2D eigenvalue weighted by atomic mass is 19.4. The molecule has 1 atom stereocenters. The molecule has 1 aromatic carbocycles. The van der Waals surface area contributed by atoms with Gasteiger partial charge in [-0.2, -0.15) is 0 Å². The Morgan fingerprint density at radius 3 is 2.65 bits per heavy atom. The number of benzene rings is 1. The van der Waals surface area contributed by atoms with Crippen molar-refractivity contribution < 1.29 is 23.0 Å². The molecule has 1 saturated heterocycles. The van der Waals surface area contributed by atoms with Gasteiger partial charge in [0.25, 0.3) is 0 Å². The van der Waals surface area contributed by atoms with E-state index in [1.54, 1.807) is 6.08 Å². The molecule has 23 heavy (non-hydrogen) atoms. The monoisotopic (exact) mass is 330 g/mol. The second-order valence-electron chi connectivity index (χ2n) is 5.44. The van der Waals surface area contributed by atoms with Crippen LogP contribution in [0, 0.1) is 0 Å². The largest absolute Gasteiger partial charge is 0.573 e. The second kappa shape index (κ2) is 7.70. The maximum Gasteiger partial charge on any atom is 0.573 e. The number of phenolic OH excluding ortho intramolecular Hbond substituents is 1. The van der Waals surface area contributed by atoms with Gasteiger partial charge in [-0.25, -0.2) is 0 Å². The molecule has 0 amide bonds. The van der Waals surface area contributed by atoms with E-state index in [2.05, 4.69) is 21.5 Å². The van der Waals surface area contributed by atoms with Crippen LogP contribution >= 0.6 is 0 Å². The summed E-state index contributed by atoms with van der Waals surface area (Å²) in [6.07, 6.45) is -1.60. The fourth-order valence-electron chi connectivity index (χ4n) is 2.80. The third kappa shape index (κ3) is 5.14. The van der Waals surface area contributed by atoms with E-state index < -0.39 is 6.36 Å². The van der Waals surface area contributed by atoms with E-state index in [4.69, 9.17) is 0 Å². The molecule has 1 heterocycles. The zero-order chi connectivity index (χ0) is 16.9. The van der Waals surface area contributed by atoms with Gasteiger partial charge in [-0.15, -0.1) is 19.8 Å². The summed E-state index contributed by atoms with van der Waals surface area (Å²) in [7, 11) is 0. The Balaban J connectivity index is 2.28. The van der Waals surface area contributed by atoms with Crippen LogP contribution < -0.4 is 10.1 Å². The zero-order valence-electron chi connectivity index (χ0n) is 12.8. The molecule has 1 aliphatic heterocycles. The van der Waals surface area contributed by atoms with E-state index >= 15 is 0 Å². The van der Waals surface area contributed by atoms with E-state index in [0.29, 0.717) is 18.4 Å². The maximum absolute atomic E-state index is 12.4. The van der Waals surface area contributed by atoms with Gasteiger partial charge in [-0.05, 0) is 31.0 Å². The molecule has 1 fully saturated rings. The van der Waals surface area contributed by atoms with Gasteiger partial charge in [0.05, 0.1) is 0 Å². The van der Waals surface area contributed by atoms with Crippen molar-refractivity contribution in [2.75, 3.05) is 26.2 Å². The van der Waals surface area contributed by atoms with Gasteiger partial charge < -0.3 is 15.2 Å². The first-order chi connectivity index (χ1) is 10.9. The Morgan fingerprint density at radius 2 is 2.04 bits per heavy atom. The van der Waals surface area contributed by atoms with Gasteiger partial charge in [-0.1, -0.05) is 6.08 Å². The van der Waals surface area contributed by atoms with Crippen molar-refractivity contribution in [1.29, 1.82) is 0 Å². The average molecular weight is 330 g/mol. The summed E-state index contributed by atoms with van der Waals surface area (Å²) in [6.45, 7) is 6.85. The standard InChI is InChI=1S/C16H21F3N2O2/c1-2-3-4-14(21-9-7-20-8-10-21)13-11-12(5-6-15(13)22)23-16(17,18)19/h2,5-6,11,14,20,22H,1,3-4,7-10H2/t14-/m0/s1.